The number of hydrogen-bond acceptors (Lipinski definition) is 3. The van der Waals surface area contributed by atoms with Crippen LogP contribution in [0.2, 0.25) is 0 Å². The molecule has 0 saturated carbocycles. The zero-order valence-corrected chi connectivity index (χ0v) is 10.8. The van der Waals surface area contributed by atoms with E-state index < -0.39 is 6.61 Å². The second-order valence-electron chi connectivity index (χ2n) is 4.35. The van der Waals surface area contributed by atoms with Gasteiger partial charge in [0.1, 0.15) is 19.0 Å². The van der Waals surface area contributed by atoms with Crippen molar-refractivity contribution in [3.63, 3.8) is 0 Å². The average molecular weight is 256 g/mol. The molecule has 0 aromatic heterocycles. The standard InChI is InChI=1S/C16H16O3/c1-12-6-8-13(9-7-12)11-19-16-5-3-2-4-14(16)15(18)10-17/h2-9,17H,10-11H2,1H3. The smallest absolute Gasteiger partial charge is 0.191 e. The van der Waals surface area contributed by atoms with E-state index in [9.17, 15) is 4.79 Å². The Morgan fingerprint density at radius 3 is 2.47 bits per heavy atom. The molecule has 1 N–H and O–H groups in total. The second-order valence-corrected chi connectivity index (χ2v) is 4.35. The van der Waals surface area contributed by atoms with Crippen LogP contribution in [0, 0.1) is 6.92 Å². The van der Waals surface area contributed by atoms with Gasteiger partial charge in [-0.1, -0.05) is 42.0 Å². The molecule has 19 heavy (non-hydrogen) atoms. The molecular formula is C16H16O3. The molecule has 0 radical (unpaired) electrons. The Bertz CT molecular complexity index is 558. The highest BCUT2D eigenvalue weighted by atomic mass is 16.5. The quantitative estimate of drug-likeness (QED) is 0.837. The van der Waals surface area contributed by atoms with Crippen molar-refractivity contribution in [1.82, 2.24) is 0 Å². The Kier molecular flexibility index (Phi) is 4.31. The summed E-state index contributed by atoms with van der Waals surface area (Å²) in [4.78, 5) is 11.6. The molecule has 0 aliphatic carbocycles. The topological polar surface area (TPSA) is 46.5 Å². The van der Waals surface area contributed by atoms with Gasteiger partial charge in [-0.05, 0) is 24.6 Å². The Balaban J connectivity index is 2.11. The van der Waals surface area contributed by atoms with E-state index in [1.54, 1.807) is 24.3 Å². The van der Waals surface area contributed by atoms with Gasteiger partial charge >= 0.3 is 0 Å². The van der Waals surface area contributed by atoms with E-state index in [0.717, 1.165) is 5.56 Å². The monoisotopic (exact) mass is 256 g/mol. The number of hydrogen-bond donors (Lipinski definition) is 1. The van der Waals surface area contributed by atoms with Crippen molar-refractivity contribution >= 4 is 5.78 Å². The van der Waals surface area contributed by atoms with Crippen LogP contribution in [0.25, 0.3) is 0 Å². The molecule has 3 heteroatoms. The van der Waals surface area contributed by atoms with E-state index in [1.165, 1.54) is 5.56 Å². The molecule has 0 aliphatic rings. The van der Waals surface area contributed by atoms with Crippen LogP contribution >= 0.6 is 0 Å². The molecule has 0 fully saturated rings. The van der Waals surface area contributed by atoms with Gasteiger partial charge in [0.05, 0.1) is 5.56 Å². The van der Waals surface area contributed by atoms with Crippen LogP contribution < -0.4 is 4.74 Å². The van der Waals surface area contributed by atoms with Gasteiger partial charge in [-0.2, -0.15) is 0 Å². The third kappa shape index (κ3) is 3.42. The summed E-state index contributed by atoms with van der Waals surface area (Å²) in [7, 11) is 0. The zero-order chi connectivity index (χ0) is 13.7. The van der Waals surface area contributed by atoms with Crippen LogP contribution in [0.4, 0.5) is 0 Å². The lowest BCUT2D eigenvalue weighted by Gasteiger charge is -2.10. The van der Waals surface area contributed by atoms with Crippen molar-refractivity contribution < 1.29 is 14.6 Å². The second kappa shape index (κ2) is 6.16. The maximum absolute atomic E-state index is 11.6. The largest absolute Gasteiger partial charge is 0.488 e. The van der Waals surface area contributed by atoms with Gasteiger partial charge in [-0.3, -0.25) is 4.79 Å². The Hall–Kier alpha value is -2.13. The predicted octanol–water partition coefficient (Wildman–Crippen LogP) is 2.75. The minimum atomic E-state index is -0.509. The van der Waals surface area contributed by atoms with Crippen molar-refractivity contribution in [3.8, 4) is 5.75 Å². The van der Waals surface area contributed by atoms with Gasteiger partial charge < -0.3 is 9.84 Å². The molecule has 0 amide bonds. The Morgan fingerprint density at radius 2 is 1.79 bits per heavy atom. The molecule has 0 spiro atoms. The summed E-state index contributed by atoms with van der Waals surface area (Å²) in [6.07, 6.45) is 0. The minimum absolute atomic E-state index is 0.334. The first-order valence-electron chi connectivity index (χ1n) is 6.12. The average Bonchev–Trinajstić information content (AvgIpc) is 2.46. The number of ether oxygens (including phenoxy) is 1. The number of aliphatic hydroxyl groups excluding tert-OH is 1. The van der Waals surface area contributed by atoms with E-state index >= 15 is 0 Å². The van der Waals surface area contributed by atoms with Crippen LogP contribution in [0.1, 0.15) is 21.5 Å². The molecule has 0 aliphatic heterocycles. The summed E-state index contributed by atoms with van der Waals surface area (Å²) >= 11 is 0. The third-order valence-electron chi connectivity index (χ3n) is 2.85. The summed E-state index contributed by atoms with van der Waals surface area (Å²) < 4.78 is 5.65. The van der Waals surface area contributed by atoms with E-state index in [2.05, 4.69) is 0 Å². The molecule has 98 valence electrons. The number of ketones is 1. The maximum atomic E-state index is 11.6. The van der Waals surface area contributed by atoms with Crippen LogP contribution in [-0.4, -0.2) is 17.5 Å². The molecule has 0 unspecified atom stereocenters. The van der Waals surface area contributed by atoms with E-state index in [-0.39, 0.29) is 5.78 Å². The summed E-state index contributed by atoms with van der Waals surface area (Å²) in [5, 5.41) is 8.92. The number of rotatable bonds is 5. The molecule has 2 rings (SSSR count). The summed E-state index contributed by atoms with van der Waals surface area (Å²) in [5.41, 5.74) is 2.65. The van der Waals surface area contributed by atoms with Crippen molar-refractivity contribution in [2.45, 2.75) is 13.5 Å². The highest BCUT2D eigenvalue weighted by molar-refractivity contribution is 5.99. The van der Waals surface area contributed by atoms with Crippen molar-refractivity contribution in [3.05, 3.63) is 65.2 Å². The molecule has 0 heterocycles. The van der Waals surface area contributed by atoms with Gasteiger partial charge in [0.25, 0.3) is 0 Å². The van der Waals surface area contributed by atoms with Gasteiger partial charge in [0.15, 0.2) is 5.78 Å². The Labute approximate surface area is 112 Å². The lowest BCUT2D eigenvalue weighted by Crippen LogP contribution is -2.07. The molecule has 0 saturated heterocycles. The van der Waals surface area contributed by atoms with Crippen LogP contribution in [0.3, 0.4) is 0 Å². The highest BCUT2D eigenvalue weighted by Gasteiger charge is 2.10. The number of aryl methyl sites for hydroxylation is 1. The number of carbonyl (C=O) groups is 1. The Morgan fingerprint density at radius 1 is 1.11 bits per heavy atom. The van der Waals surface area contributed by atoms with Gasteiger partial charge in [-0.15, -0.1) is 0 Å². The van der Waals surface area contributed by atoms with E-state index in [1.807, 2.05) is 31.2 Å². The first kappa shape index (κ1) is 13.3. The third-order valence-corrected chi connectivity index (χ3v) is 2.85. The van der Waals surface area contributed by atoms with Crippen LogP contribution in [0.5, 0.6) is 5.75 Å². The number of para-hydroxylation sites is 1. The predicted molar refractivity (Wildman–Crippen MR) is 73.4 cm³/mol. The lowest BCUT2D eigenvalue weighted by molar-refractivity contribution is 0.0899. The van der Waals surface area contributed by atoms with E-state index in [0.29, 0.717) is 17.9 Å². The van der Waals surface area contributed by atoms with Crippen LogP contribution in [0.15, 0.2) is 48.5 Å². The zero-order valence-electron chi connectivity index (χ0n) is 10.8. The van der Waals surface area contributed by atoms with Gasteiger partial charge in [0.2, 0.25) is 0 Å². The van der Waals surface area contributed by atoms with Crippen LogP contribution in [-0.2, 0) is 6.61 Å². The molecule has 2 aromatic rings. The van der Waals surface area contributed by atoms with Crippen molar-refractivity contribution in [1.29, 1.82) is 0 Å². The molecule has 0 atom stereocenters. The normalized spacial score (nSPS) is 10.2. The van der Waals surface area contributed by atoms with E-state index in [4.69, 9.17) is 9.84 Å². The van der Waals surface area contributed by atoms with Crippen molar-refractivity contribution in [2.75, 3.05) is 6.61 Å². The number of benzene rings is 2. The molecule has 0 bridgehead atoms. The van der Waals surface area contributed by atoms with Crippen molar-refractivity contribution in [2.24, 2.45) is 0 Å². The molecule has 2 aromatic carbocycles. The summed E-state index contributed by atoms with van der Waals surface area (Å²) in [5.74, 6) is 0.168. The first-order chi connectivity index (χ1) is 9.20. The number of aliphatic hydroxyl groups is 1. The summed E-state index contributed by atoms with van der Waals surface area (Å²) in [6, 6.07) is 15.0. The first-order valence-corrected chi connectivity index (χ1v) is 6.12. The number of Topliss-reactive ketones (excluding diaryl/α,β-unsaturated/α-hetero) is 1. The fraction of sp³-hybridized carbons (Fsp3) is 0.188. The number of carbonyl (C=O) groups excluding carboxylic acids is 1. The summed E-state index contributed by atoms with van der Waals surface area (Å²) in [6.45, 7) is 1.92. The molecular weight excluding hydrogens is 240 g/mol. The van der Waals surface area contributed by atoms with Gasteiger partial charge in [0, 0.05) is 0 Å². The fourth-order valence-electron chi connectivity index (χ4n) is 1.75. The SMILES string of the molecule is Cc1ccc(COc2ccccc2C(=O)CO)cc1. The lowest BCUT2D eigenvalue weighted by atomic mass is 10.1. The minimum Gasteiger partial charge on any atom is -0.488 e. The fourth-order valence-corrected chi connectivity index (χ4v) is 1.75. The maximum Gasteiger partial charge on any atom is 0.191 e. The molecule has 3 nitrogen and oxygen atoms in total. The van der Waals surface area contributed by atoms with Gasteiger partial charge in [-0.25, -0.2) is 0 Å². The highest BCUT2D eigenvalue weighted by Crippen LogP contribution is 2.19.